The number of benzene rings is 2. The van der Waals surface area contributed by atoms with Crippen molar-refractivity contribution in [1.29, 1.82) is 0 Å². The zero-order valence-electron chi connectivity index (χ0n) is 23.0. The number of carbonyl (C=O) groups is 2. The molecule has 1 N–H and O–H groups in total. The highest BCUT2D eigenvalue weighted by Crippen LogP contribution is 2.37. The Morgan fingerprint density at radius 3 is 2.31 bits per heavy atom. The maximum atomic E-state index is 13.0. The Kier molecular flexibility index (Phi) is 8.56. The van der Waals surface area contributed by atoms with E-state index in [0.717, 1.165) is 5.56 Å². The number of hydrogen-bond acceptors (Lipinski definition) is 7. The van der Waals surface area contributed by atoms with Crippen molar-refractivity contribution in [2.45, 2.75) is 58.0 Å². The van der Waals surface area contributed by atoms with Crippen LogP contribution in [-0.4, -0.2) is 46.3 Å². The number of nitrogens with zero attached hydrogens (tertiary/aromatic N) is 4. The van der Waals surface area contributed by atoms with Crippen molar-refractivity contribution < 1.29 is 18.8 Å². The van der Waals surface area contributed by atoms with Crippen LogP contribution in [0.2, 0.25) is 18.1 Å². The van der Waals surface area contributed by atoms with Gasteiger partial charge in [-0.25, -0.2) is 9.97 Å². The molecule has 1 atom stereocenters. The highest BCUT2D eigenvalue weighted by molar-refractivity contribution is 6.74. The monoisotopic (exact) mass is 545 g/mol. The maximum absolute atomic E-state index is 13.0. The van der Waals surface area contributed by atoms with Gasteiger partial charge in [0, 0.05) is 5.56 Å². The van der Waals surface area contributed by atoms with Crippen LogP contribution in [0.4, 0.5) is 0 Å². The number of rotatable bonds is 10. The number of fused-ring (bicyclic) bond motifs is 1. The molecular formula is C29H35N5O4Si. The third-order valence-corrected chi connectivity index (χ3v) is 11.6. The van der Waals surface area contributed by atoms with Crippen molar-refractivity contribution in [3.8, 4) is 5.88 Å². The third-order valence-electron chi connectivity index (χ3n) is 7.09. The molecule has 2 aromatic heterocycles. The van der Waals surface area contributed by atoms with Crippen molar-refractivity contribution in [2.75, 3.05) is 6.61 Å². The Balaban J connectivity index is 1.58. The number of imidazole rings is 1. The average molecular weight is 546 g/mol. The lowest BCUT2D eigenvalue weighted by Crippen LogP contribution is -2.42. The Labute approximate surface area is 229 Å². The number of nitrogens with one attached hydrogen (secondary N) is 1. The van der Waals surface area contributed by atoms with Crippen LogP contribution in [0.3, 0.4) is 0 Å². The summed E-state index contributed by atoms with van der Waals surface area (Å²) in [6.45, 7) is 11.4. The van der Waals surface area contributed by atoms with E-state index in [0.29, 0.717) is 29.2 Å². The molecule has 0 spiro atoms. The molecule has 4 rings (SSSR count). The maximum Gasteiger partial charge on any atom is 0.257 e. The molecule has 4 aromatic rings. The molecule has 2 aromatic carbocycles. The molecule has 0 saturated heterocycles. The predicted octanol–water partition coefficient (Wildman–Crippen LogP) is 5.31. The first-order valence-corrected chi connectivity index (χ1v) is 15.8. The van der Waals surface area contributed by atoms with Gasteiger partial charge in [-0.3, -0.25) is 14.9 Å². The van der Waals surface area contributed by atoms with E-state index in [1.807, 2.05) is 41.0 Å². The van der Waals surface area contributed by atoms with Gasteiger partial charge in [-0.05, 0) is 35.8 Å². The first-order chi connectivity index (χ1) is 18.5. The third kappa shape index (κ3) is 6.95. The Bertz CT molecular complexity index is 1420. The Morgan fingerprint density at radius 2 is 1.64 bits per heavy atom. The quantitative estimate of drug-likeness (QED) is 0.269. The van der Waals surface area contributed by atoms with Crippen LogP contribution < -0.4 is 10.1 Å². The summed E-state index contributed by atoms with van der Waals surface area (Å²) in [5.74, 6) is -0.501. The highest BCUT2D eigenvalue weighted by Gasteiger charge is 2.38. The number of amides is 2. The summed E-state index contributed by atoms with van der Waals surface area (Å²) in [5, 5.41) is 2.49. The van der Waals surface area contributed by atoms with Crippen LogP contribution in [0.1, 0.15) is 49.2 Å². The average Bonchev–Trinajstić information content (AvgIpc) is 3.35. The van der Waals surface area contributed by atoms with Crippen molar-refractivity contribution in [3.05, 3.63) is 84.4 Å². The molecule has 9 nitrogen and oxygen atoms in total. The van der Waals surface area contributed by atoms with Gasteiger partial charge in [0.15, 0.2) is 19.5 Å². The lowest BCUT2D eigenvalue weighted by molar-refractivity contribution is -0.121. The molecule has 39 heavy (non-hydrogen) atoms. The largest absolute Gasteiger partial charge is 0.471 e. The minimum atomic E-state index is -2.13. The first-order valence-electron chi connectivity index (χ1n) is 12.9. The SMILES string of the molecule is CC(C)(C)[Si](C)(C)OCC(CC(=O)NC(=O)c1ccccc1)n1cnc2c(OCc3ccccc3)ncnc21. The molecule has 0 bridgehead atoms. The van der Waals surface area contributed by atoms with Gasteiger partial charge in [0.1, 0.15) is 12.9 Å². The Hall–Kier alpha value is -3.89. The lowest BCUT2D eigenvalue weighted by Gasteiger charge is -2.37. The van der Waals surface area contributed by atoms with Crippen LogP contribution in [0.15, 0.2) is 73.3 Å². The van der Waals surface area contributed by atoms with Crippen molar-refractivity contribution in [2.24, 2.45) is 0 Å². The van der Waals surface area contributed by atoms with Crippen molar-refractivity contribution in [3.63, 3.8) is 0 Å². The molecule has 2 amide bonds. The smallest absolute Gasteiger partial charge is 0.257 e. The standard InChI is InChI=1S/C29H35N5O4Si/c1-29(2,3)39(4,5)38-18-23(16-24(35)33-27(36)22-14-10-7-11-15-22)34-20-32-25-26(34)30-19-31-28(25)37-17-21-12-8-6-9-13-21/h6-15,19-20,23H,16-18H2,1-5H3,(H,33,35,36). The Morgan fingerprint density at radius 1 is 0.974 bits per heavy atom. The molecule has 0 aliphatic carbocycles. The van der Waals surface area contributed by atoms with Gasteiger partial charge in [0.2, 0.25) is 11.8 Å². The second-order valence-corrected chi connectivity index (χ2v) is 15.8. The number of imide groups is 1. The van der Waals surface area contributed by atoms with E-state index >= 15 is 0 Å². The van der Waals surface area contributed by atoms with Gasteiger partial charge in [0.05, 0.1) is 25.4 Å². The highest BCUT2D eigenvalue weighted by atomic mass is 28.4. The zero-order chi connectivity index (χ0) is 28.0. The normalized spacial score (nSPS) is 12.7. The molecule has 10 heteroatoms. The summed E-state index contributed by atoms with van der Waals surface area (Å²) in [6.07, 6.45) is 3.05. The van der Waals surface area contributed by atoms with Crippen molar-refractivity contribution >= 4 is 31.3 Å². The van der Waals surface area contributed by atoms with Gasteiger partial charge in [-0.1, -0.05) is 69.3 Å². The number of ether oxygens (including phenoxy) is 1. The molecule has 0 fully saturated rings. The summed E-state index contributed by atoms with van der Waals surface area (Å²) in [4.78, 5) is 38.9. The van der Waals surface area contributed by atoms with E-state index in [4.69, 9.17) is 9.16 Å². The van der Waals surface area contributed by atoms with Crippen LogP contribution >= 0.6 is 0 Å². The van der Waals surface area contributed by atoms with Crippen LogP contribution in [0.25, 0.3) is 11.2 Å². The van der Waals surface area contributed by atoms with E-state index in [1.165, 1.54) is 6.33 Å². The fourth-order valence-corrected chi connectivity index (χ4v) is 4.78. The van der Waals surface area contributed by atoms with E-state index < -0.39 is 26.2 Å². The summed E-state index contributed by atoms with van der Waals surface area (Å²) >= 11 is 0. The molecule has 0 aliphatic heterocycles. The fourth-order valence-electron chi connectivity index (χ4n) is 3.74. The fraction of sp³-hybridized carbons (Fsp3) is 0.345. The minimum Gasteiger partial charge on any atom is -0.471 e. The molecule has 204 valence electrons. The molecule has 0 aliphatic rings. The first kappa shape index (κ1) is 28.1. The second-order valence-electron chi connectivity index (χ2n) is 10.9. The van der Waals surface area contributed by atoms with E-state index in [-0.39, 0.29) is 18.1 Å². The van der Waals surface area contributed by atoms with Crippen molar-refractivity contribution in [1.82, 2.24) is 24.8 Å². The van der Waals surface area contributed by atoms with Gasteiger partial charge >= 0.3 is 0 Å². The minimum absolute atomic E-state index is 0.00284. The summed E-state index contributed by atoms with van der Waals surface area (Å²) in [5.41, 5.74) is 2.44. The summed E-state index contributed by atoms with van der Waals surface area (Å²) in [6, 6.07) is 18.0. The number of hydrogen-bond donors (Lipinski definition) is 1. The second kappa shape index (κ2) is 11.9. The lowest BCUT2D eigenvalue weighted by atomic mass is 10.2. The van der Waals surface area contributed by atoms with Crippen LogP contribution in [0, 0.1) is 0 Å². The number of carbonyl (C=O) groups excluding carboxylic acids is 2. The van der Waals surface area contributed by atoms with E-state index in [2.05, 4.69) is 54.1 Å². The van der Waals surface area contributed by atoms with Gasteiger partial charge < -0.3 is 13.7 Å². The molecule has 1 unspecified atom stereocenters. The van der Waals surface area contributed by atoms with E-state index in [1.54, 1.807) is 30.6 Å². The van der Waals surface area contributed by atoms with Gasteiger partial charge in [-0.2, -0.15) is 4.98 Å². The molecular weight excluding hydrogens is 510 g/mol. The van der Waals surface area contributed by atoms with Gasteiger partial charge in [-0.15, -0.1) is 0 Å². The van der Waals surface area contributed by atoms with Gasteiger partial charge in [0.25, 0.3) is 5.91 Å². The topological polar surface area (TPSA) is 108 Å². The van der Waals surface area contributed by atoms with Crippen LogP contribution in [-0.2, 0) is 15.8 Å². The predicted molar refractivity (Wildman–Crippen MR) is 152 cm³/mol. The van der Waals surface area contributed by atoms with Crippen LogP contribution in [0.5, 0.6) is 5.88 Å². The zero-order valence-corrected chi connectivity index (χ0v) is 24.0. The molecule has 2 heterocycles. The molecule has 0 saturated carbocycles. The number of aromatic nitrogens is 4. The molecule has 0 radical (unpaired) electrons. The summed E-state index contributed by atoms with van der Waals surface area (Å²) in [7, 11) is -2.13. The summed E-state index contributed by atoms with van der Waals surface area (Å²) < 4.78 is 14.3. The van der Waals surface area contributed by atoms with E-state index in [9.17, 15) is 9.59 Å².